The number of carbonyl (C=O) groups is 2. The number of fused-ring (bicyclic) bond motifs is 1. The van der Waals surface area contributed by atoms with E-state index >= 15 is 0 Å². The molecule has 0 saturated carbocycles. The summed E-state index contributed by atoms with van der Waals surface area (Å²) in [4.78, 5) is 27.1. The van der Waals surface area contributed by atoms with Gasteiger partial charge in [-0.2, -0.15) is 0 Å². The summed E-state index contributed by atoms with van der Waals surface area (Å²) in [5.41, 5.74) is 0.508. The lowest BCUT2D eigenvalue weighted by Gasteiger charge is -2.44. The molecule has 140 valence electrons. The van der Waals surface area contributed by atoms with Crippen LogP contribution in [0.25, 0.3) is 0 Å². The van der Waals surface area contributed by atoms with Gasteiger partial charge in [-0.15, -0.1) is 0 Å². The van der Waals surface area contributed by atoms with Crippen LogP contribution in [0.3, 0.4) is 0 Å². The number of likely N-dealkylation sites (tertiary alicyclic amines) is 1. The van der Waals surface area contributed by atoms with Crippen molar-refractivity contribution in [2.45, 2.75) is 24.8 Å². The molecule has 7 nitrogen and oxygen atoms in total. The van der Waals surface area contributed by atoms with Crippen molar-refractivity contribution in [3.63, 3.8) is 0 Å². The molecular weight excluding hydrogens is 334 g/mol. The summed E-state index contributed by atoms with van der Waals surface area (Å²) in [5, 5.41) is 6.30. The van der Waals surface area contributed by atoms with Gasteiger partial charge in [-0.25, -0.2) is 0 Å². The molecule has 2 amide bonds. The van der Waals surface area contributed by atoms with Crippen LogP contribution >= 0.6 is 0 Å². The number of amides is 2. The molecule has 1 atom stereocenters. The molecule has 3 heterocycles. The number of ether oxygens (including phenoxy) is 2. The predicted molar refractivity (Wildman–Crippen MR) is 95.2 cm³/mol. The second kappa shape index (κ2) is 6.79. The molecule has 0 radical (unpaired) electrons. The third kappa shape index (κ3) is 2.90. The highest BCUT2D eigenvalue weighted by molar-refractivity contribution is 5.88. The van der Waals surface area contributed by atoms with Crippen LogP contribution in [0.4, 0.5) is 0 Å². The summed E-state index contributed by atoms with van der Waals surface area (Å²) in [6.07, 6.45) is 1.97. The number of nitrogens with one attached hydrogen (secondary N) is 2. The highest BCUT2D eigenvalue weighted by atomic mass is 16.5. The number of carbonyl (C=O) groups excluding carboxylic acids is 2. The van der Waals surface area contributed by atoms with E-state index in [1.54, 1.807) is 7.11 Å². The van der Waals surface area contributed by atoms with Crippen molar-refractivity contribution >= 4 is 11.8 Å². The first-order valence-electron chi connectivity index (χ1n) is 9.24. The van der Waals surface area contributed by atoms with E-state index in [0.717, 1.165) is 17.9 Å². The van der Waals surface area contributed by atoms with Gasteiger partial charge < -0.3 is 25.0 Å². The molecule has 2 N–H and O–H groups in total. The summed E-state index contributed by atoms with van der Waals surface area (Å²) in [6, 6.07) is 5.78. The summed E-state index contributed by atoms with van der Waals surface area (Å²) in [7, 11) is 1.62. The van der Waals surface area contributed by atoms with Gasteiger partial charge in [-0.05, 0) is 30.9 Å². The molecule has 2 fully saturated rings. The van der Waals surface area contributed by atoms with Crippen molar-refractivity contribution in [2.24, 2.45) is 5.92 Å². The molecule has 3 aliphatic heterocycles. The summed E-state index contributed by atoms with van der Waals surface area (Å²) < 4.78 is 11.2. The highest BCUT2D eigenvalue weighted by Gasteiger charge is 2.44. The van der Waals surface area contributed by atoms with Crippen LogP contribution in [0.1, 0.15) is 18.4 Å². The zero-order valence-corrected chi connectivity index (χ0v) is 15.0. The number of piperazine rings is 1. The number of rotatable bonds is 2. The molecule has 7 heteroatoms. The van der Waals surface area contributed by atoms with Gasteiger partial charge >= 0.3 is 0 Å². The molecule has 0 aliphatic carbocycles. The Morgan fingerprint density at radius 1 is 1.31 bits per heavy atom. The van der Waals surface area contributed by atoms with Gasteiger partial charge in [0, 0.05) is 26.2 Å². The van der Waals surface area contributed by atoms with Gasteiger partial charge in [-0.1, -0.05) is 12.1 Å². The summed E-state index contributed by atoms with van der Waals surface area (Å²) in [5.74, 6) is 1.46. The third-order valence-corrected chi connectivity index (χ3v) is 5.76. The second-order valence-electron chi connectivity index (χ2n) is 7.25. The Morgan fingerprint density at radius 3 is 2.85 bits per heavy atom. The zero-order valence-electron chi connectivity index (χ0n) is 15.0. The topological polar surface area (TPSA) is 79.9 Å². The number of piperidine rings is 1. The molecule has 3 aliphatic rings. The Bertz CT molecular complexity index is 713. The fourth-order valence-electron chi connectivity index (χ4n) is 4.21. The molecule has 1 spiro atoms. The Hall–Kier alpha value is -2.28. The molecule has 0 aromatic heterocycles. The van der Waals surface area contributed by atoms with Crippen LogP contribution < -0.4 is 20.1 Å². The normalized spacial score (nSPS) is 24.4. The Balaban J connectivity index is 1.41. The first-order valence-corrected chi connectivity index (χ1v) is 9.24. The molecule has 1 aromatic carbocycles. The maximum absolute atomic E-state index is 13.0. The van der Waals surface area contributed by atoms with Crippen molar-refractivity contribution < 1.29 is 19.1 Å². The quantitative estimate of drug-likeness (QED) is 0.795. The average Bonchev–Trinajstić information content (AvgIpc) is 2.69. The number of benzene rings is 1. The molecular formula is C19H25N3O4. The molecule has 4 rings (SSSR count). The smallest absolute Gasteiger partial charge is 0.240 e. The van der Waals surface area contributed by atoms with Gasteiger partial charge in [-0.3, -0.25) is 9.59 Å². The maximum Gasteiger partial charge on any atom is 0.240 e. The lowest BCUT2D eigenvalue weighted by Crippen LogP contribution is -2.67. The number of hydrogen-bond acceptors (Lipinski definition) is 5. The summed E-state index contributed by atoms with van der Waals surface area (Å²) >= 11 is 0. The van der Waals surface area contributed by atoms with Crippen molar-refractivity contribution in [1.82, 2.24) is 15.5 Å². The molecule has 0 unspecified atom stereocenters. The lowest BCUT2D eigenvalue weighted by molar-refractivity contribution is -0.142. The second-order valence-corrected chi connectivity index (χ2v) is 7.25. The minimum Gasteiger partial charge on any atom is -0.493 e. The first kappa shape index (κ1) is 17.1. The zero-order chi connectivity index (χ0) is 18.1. The largest absolute Gasteiger partial charge is 0.493 e. The molecule has 2 saturated heterocycles. The van der Waals surface area contributed by atoms with Crippen LogP contribution in [0.5, 0.6) is 11.5 Å². The number of hydrogen-bond donors (Lipinski definition) is 2. The molecule has 26 heavy (non-hydrogen) atoms. The number of para-hydroxylation sites is 1. The van der Waals surface area contributed by atoms with E-state index < -0.39 is 5.54 Å². The standard InChI is InChI=1S/C19H25N3O4/c1-25-15-4-2-3-13-11-14(12-26-16(13)15)17(23)22-9-5-19(6-10-22)18(24)20-7-8-21-19/h2-4,14,21H,5-12H2,1H3,(H,20,24)/t14-/m0/s1. The van der Waals surface area contributed by atoms with E-state index in [0.29, 0.717) is 51.3 Å². The van der Waals surface area contributed by atoms with Crippen molar-refractivity contribution in [3.05, 3.63) is 23.8 Å². The van der Waals surface area contributed by atoms with E-state index in [2.05, 4.69) is 10.6 Å². The van der Waals surface area contributed by atoms with Crippen LogP contribution in [-0.4, -0.2) is 62.1 Å². The van der Waals surface area contributed by atoms with E-state index in [1.807, 2.05) is 23.1 Å². The van der Waals surface area contributed by atoms with Crippen molar-refractivity contribution in [1.29, 1.82) is 0 Å². The monoisotopic (exact) mass is 359 g/mol. The van der Waals surface area contributed by atoms with Gasteiger partial charge in [0.15, 0.2) is 11.5 Å². The Labute approximate surface area is 153 Å². The van der Waals surface area contributed by atoms with Crippen LogP contribution in [0.2, 0.25) is 0 Å². The fourth-order valence-corrected chi connectivity index (χ4v) is 4.21. The Kier molecular flexibility index (Phi) is 4.48. The fraction of sp³-hybridized carbons (Fsp3) is 0.579. The summed E-state index contributed by atoms with van der Waals surface area (Å²) in [6.45, 7) is 3.02. The predicted octanol–water partition coefficient (Wildman–Crippen LogP) is 0.327. The van der Waals surface area contributed by atoms with Gasteiger partial charge in [0.25, 0.3) is 0 Å². The average molecular weight is 359 g/mol. The lowest BCUT2D eigenvalue weighted by atomic mass is 9.84. The number of nitrogens with zero attached hydrogens (tertiary/aromatic N) is 1. The third-order valence-electron chi connectivity index (χ3n) is 5.76. The minimum absolute atomic E-state index is 0.0675. The van der Waals surface area contributed by atoms with Crippen LogP contribution in [-0.2, 0) is 16.0 Å². The number of methoxy groups -OCH3 is 1. The van der Waals surface area contributed by atoms with E-state index in [9.17, 15) is 9.59 Å². The SMILES string of the molecule is COc1cccc2c1OC[C@@H](C(=O)N1CCC3(CC1)NCCNC3=O)C2. The van der Waals surface area contributed by atoms with Gasteiger partial charge in [0.2, 0.25) is 11.8 Å². The minimum atomic E-state index is -0.502. The van der Waals surface area contributed by atoms with E-state index in [-0.39, 0.29) is 17.7 Å². The van der Waals surface area contributed by atoms with Crippen molar-refractivity contribution in [2.75, 3.05) is 39.9 Å². The maximum atomic E-state index is 13.0. The Morgan fingerprint density at radius 2 is 2.12 bits per heavy atom. The molecule has 1 aromatic rings. The van der Waals surface area contributed by atoms with Crippen molar-refractivity contribution in [3.8, 4) is 11.5 Å². The van der Waals surface area contributed by atoms with Crippen LogP contribution in [0, 0.1) is 5.92 Å². The van der Waals surface area contributed by atoms with Gasteiger partial charge in [0.1, 0.15) is 12.1 Å². The van der Waals surface area contributed by atoms with E-state index in [4.69, 9.17) is 9.47 Å². The van der Waals surface area contributed by atoms with E-state index in [1.165, 1.54) is 0 Å². The van der Waals surface area contributed by atoms with Crippen LogP contribution in [0.15, 0.2) is 18.2 Å². The van der Waals surface area contributed by atoms with Gasteiger partial charge in [0.05, 0.1) is 13.0 Å². The molecule has 0 bridgehead atoms. The highest BCUT2D eigenvalue weighted by Crippen LogP contribution is 2.36. The first-order chi connectivity index (χ1) is 12.6.